The SMILES string of the molecule is C[C@H]1CN2CC1CN2c1nc(O)c(/C(Cc2ccc(C(F)(F)F)cc2C(F)(F)F)=c2\ccc3c(c2)C=NN=3)s1. The molecule has 3 atom stereocenters. The average Bonchev–Trinajstić information content (AvgIpc) is 3.64. The number of alkyl halides is 6. The summed E-state index contributed by atoms with van der Waals surface area (Å²) >= 11 is 1.14. The number of fused-ring (bicyclic) bond motifs is 3. The fourth-order valence-electron chi connectivity index (χ4n) is 5.35. The first kappa shape index (κ1) is 25.8. The summed E-state index contributed by atoms with van der Waals surface area (Å²) in [6.07, 6.45) is -8.84. The van der Waals surface area contributed by atoms with Crippen LogP contribution in [0.1, 0.15) is 34.1 Å². The van der Waals surface area contributed by atoms with E-state index < -0.39 is 29.9 Å². The molecule has 0 aliphatic carbocycles. The third-order valence-corrected chi connectivity index (χ3v) is 8.56. The van der Waals surface area contributed by atoms with Gasteiger partial charge in [-0.05, 0) is 52.5 Å². The molecule has 39 heavy (non-hydrogen) atoms. The third-order valence-electron chi connectivity index (χ3n) is 7.44. The summed E-state index contributed by atoms with van der Waals surface area (Å²) in [5, 5.41) is 24.4. The van der Waals surface area contributed by atoms with Crippen molar-refractivity contribution in [1.82, 2.24) is 9.99 Å². The van der Waals surface area contributed by atoms with E-state index in [4.69, 9.17) is 0 Å². The highest BCUT2D eigenvalue weighted by atomic mass is 32.1. The largest absolute Gasteiger partial charge is 0.492 e. The number of anilines is 1. The predicted octanol–water partition coefficient (Wildman–Crippen LogP) is 4.60. The first-order chi connectivity index (χ1) is 18.4. The van der Waals surface area contributed by atoms with Crippen molar-refractivity contribution in [1.29, 1.82) is 0 Å². The molecule has 0 saturated carbocycles. The molecule has 2 bridgehead atoms. The van der Waals surface area contributed by atoms with E-state index in [9.17, 15) is 31.4 Å². The van der Waals surface area contributed by atoms with Crippen molar-refractivity contribution >= 4 is 28.3 Å². The Labute approximate surface area is 222 Å². The van der Waals surface area contributed by atoms with Crippen LogP contribution in [0.25, 0.3) is 5.57 Å². The van der Waals surface area contributed by atoms with Crippen molar-refractivity contribution < 1.29 is 31.4 Å². The smallest absolute Gasteiger partial charge is 0.416 e. The summed E-state index contributed by atoms with van der Waals surface area (Å²) in [7, 11) is 0. The molecule has 204 valence electrons. The number of hydrogen-bond acceptors (Lipinski definition) is 7. The monoisotopic (exact) mass is 565 g/mol. The predicted molar refractivity (Wildman–Crippen MR) is 133 cm³/mol. The molecule has 2 aromatic carbocycles. The van der Waals surface area contributed by atoms with Gasteiger partial charge in [0.2, 0.25) is 11.0 Å². The van der Waals surface area contributed by atoms with Gasteiger partial charge in [-0.25, -0.2) is 5.01 Å². The minimum absolute atomic E-state index is 0.133. The molecule has 3 aliphatic rings. The molecule has 6 rings (SSSR count). The Hall–Kier alpha value is -3.45. The van der Waals surface area contributed by atoms with E-state index in [-0.39, 0.29) is 22.4 Å². The number of benzene rings is 2. The van der Waals surface area contributed by atoms with E-state index >= 15 is 0 Å². The number of rotatable bonds is 4. The lowest BCUT2D eigenvalue weighted by Gasteiger charge is -2.30. The van der Waals surface area contributed by atoms with Gasteiger partial charge in [-0.15, -0.1) is 0 Å². The number of hydrogen-bond donors (Lipinski definition) is 1. The lowest BCUT2D eigenvalue weighted by atomic mass is 9.94. The van der Waals surface area contributed by atoms with Gasteiger partial charge in [0.05, 0.1) is 27.6 Å². The Morgan fingerprint density at radius 2 is 1.82 bits per heavy atom. The minimum atomic E-state index is -5.02. The third kappa shape index (κ3) is 4.67. The molecule has 13 heteroatoms. The van der Waals surface area contributed by atoms with E-state index in [0.29, 0.717) is 44.7 Å². The van der Waals surface area contributed by atoms with Crippen molar-refractivity contribution in [2.45, 2.75) is 25.7 Å². The number of hydrazine groups is 1. The molecule has 0 spiro atoms. The zero-order chi connectivity index (χ0) is 27.7. The molecular formula is C26H21F6N5OS. The van der Waals surface area contributed by atoms with Crippen LogP contribution in [0.4, 0.5) is 31.5 Å². The number of aromatic nitrogens is 1. The molecule has 0 amide bonds. The number of halogens is 6. The van der Waals surface area contributed by atoms with E-state index in [1.54, 1.807) is 18.2 Å². The average molecular weight is 566 g/mol. The Morgan fingerprint density at radius 3 is 2.49 bits per heavy atom. The number of aromatic hydroxyl groups is 1. The van der Waals surface area contributed by atoms with Gasteiger partial charge in [-0.1, -0.05) is 30.4 Å². The van der Waals surface area contributed by atoms with Crippen LogP contribution in [0.3, 0.4) is 0 Å². The minimum Gasteiger partial charge on any atom is -0.492 e. The molecule has 2 unspecified atom stereocenters. The highest BCUT2D eigenvalue weighted by Gasteiger charge is 2.43. The summed E-state index contributed by atoms with van der Waals surface area (Å²) in [4.78, 5) is 4.59. The van der Waals surface area contributed by atoms with Crippen LogP contribution in [0.2, 0.25) is 0 Å². The molecule has 3 aromatic rings. The lowest BCUT2D eigenvalue weighted by molar-refractivity contribution is -0.143. The first-order valence-corrected chi connectivity index (χ1v) is 12.9. The highest BCUT2D eigenvalue weighted by Crippen LogP contribution is 2.43. The molecular weight excluding hydrogens is 544 g/mol. The lowest BCUT2D eigenvalue weighted by Crippen LogP contribution is -2.40. The second-order valence-electron chi connectivity index (χ2n) is 9.98. The van der Waals surface area contributed by atoms with E-state index in [1.165, 1.54) is 6.21 Å². The fraction of sp³-hybridized carbons (Fsp3) is 0.346. The Bertz CT molecular complexity index is 1610. The van der Waals surface area contributed by atoms with Crippen molar-refractivity contribution in [3.05, 3.63) is 74.1 Å². The molecule has 4 heterocycles. The van der Waals surface area contributed by atoms with Crippen LogP contribution in [0.5, 0.6) is 5.88 Å². The topological polar surface area (TPSA) is 64.3 Å². The Balaban J connectivity index is 1.49. The maximum absolute atomic E-state index is 14.0. The highest BCUT2D eigenvalue weighted by molar-refractivity contribution is 7.17. The second kappa shape index (κ2) is 9.05. The van der Waals surface area contributed by atoms with Crippen LogP contribution >= 0.6 is 11.3 Å². The van der Waals surface area contributed by atoms with E-state index in [2.05, 4.69) is 27.1 Å². The summed E-state index contributed by atoms with van der Waals surface area (Å²) in [6, 6.07) is 6.61. The van der Waals surface area contributed by atoms with E-state index in [0.717, 1.165) is 37.0 Å². The molecule has 0 radical (unpaired) electrons. The van der Waals surface area contributed by atoms with Gasteiger partial charge in [-0.3, -0.25) is 5.01 Å². The summed E-state index contributed by atoms with van der Waals surface area (Å²) in [6.45, 7) is 4.59. The Morgan fingerprint density at radius 1 is 1.03 bits per heavy atom. The Kier molecular flexibility index (Phi) is 5.99. The van der Waals surface area contributed by atoms with Crippen LogP contribution < -0.4 is 15.6 Å². The van der Waals surface area contributed by atoms with Gasteiger partial charge >= 0.3 is 12.4 Å². The standard InChI is InChI=1S/C26H21F6N5OS/c1-13-10-36-11-17(13)12-37(36)24-34-23(38)22(39-24)19(14-3-5-21-16(6-14)9-33-35-21)7-15-2-4-18(25(27,28)29)8-20(15)26(30,31)32/h2-6,8-9,13,17,38H,7,10-12H2,1H3/b19-14+/t13-,17?/m0/s1. The van der Waals surface area contributed by atoms with Gasteiger partial charge in [0, 0.05) is 31.6 Å². The maximum atomic E-state index is 14.0. The zero-order valence-electron chi connectivity index (χ0n) is 20.4. The summed E-state index contributed by atoms with van der Waals surface area (Å²) < 4.78 is 81.7. The molecule has 2 fully saturated rings. The van der Waals surface area contributed by atoms with Crippen molar-refractivity contribution in [2.24, 2.45) is 22.0 Å². The molecule has 2 saturated heterocycles. The van der Waals surface area contributed by atoms with E-state index in [1.807, 2.05) is 5.01 Å². The van der Waals surface area contributed by atoms with Gasteiger partial charge in [0.15, 0.2) is 0 Å². The van der Waals surface area contributed by atoms with Gasteiger partial charge in [0.1, 0.15) is 0 Å². The molecule has 3 aliphatic heterocycles. The van der Waals surface area contributed by atoms with Crippen LogP contribution in [0.15, 0.2) is 46.6 Å². The van der Waals surface area contributed by atoms with Gasteiger partial charge in [-0.2, -0.15) is 41.5 Å². The zero-order valence-corrected chi connectivity index (χ0v) is 21.2. The van der Waals surface area contributed by atoms with Crippen molar-refractivity contribution in [3.63, 3.8) is 0 Å². The normalized spacial score (nSPS) is 22.8. The summed E-state index contributed by atoms with van der Waals surface area (Å²) in [5.41, 5.74) is -2.18. The second-order valence-corrected chi connectivity index (χ2v) is 11.0. The van der Waals surface area contributed by atoms with Gasteiger partial charge < -0.3 is 5.11 Å². The fourth-order valence-corrected chi connectivity index (χ4v) is 6.41. The molecule has 1 N–H and O–H groups in total. The molecule has 1 aromatic heterocycles. The first-order valence-electron chi connectivity index (χ1n) is 12.1. The molecule has 6 nitrogen and oxygen atoms in total. The quantitative estimate of drug-likeness (QED) is 0.470. The van der Waals surface area contributed by atoms with Crippen LogP contribution in [0, 0.1) is 11.8 Å². The van der Waals surface area contributed by atoms with Crippen molar-refractivity contribution in [2.75, 3.05) is 24.6 Å². The number of nitrogens with zero attached hydrogens (tertiary/aromatic N) is 5. The van der Waals surface area contributed by atoms with Gasteiger partial charge in [0.25, 0.3) is 0 Å². The maximum Gasteiger partial charge on any atom is 0.416 e. The number of thiazole rings is 1. The van der Waals surface area contributed by atoms with Crippen molar-refractivity contribution in [3.8, 4) is 5.88 Å². The van der Waals surface area contributed by atoms with Crippen LogP contribution in [-0.2, 0) is 18.8 Å². The summed E-state index contributed by atoms with van der Waals surface area (Å²) in [5.74, 6) is 0.626. The van der Waals surface area contributed by atoms with Crippen LogP contribution in [-0.4, -0.2) is 40.9 Å².